The maximum atomic E-state index is 12.0. The highest BCUT2D eigenvalue weighted by molar-refractivity contribution is 5.93. The number of nitrogens with zero attached hydrogens (tertiary/aromatic N) is 3. The predicted molar refractivity (Wildman–Crippen MR) is 81.1 cm³/mol. The van der Waals surface area contributed by atoms with Crippen molar-refractivity contribution in [3.8, 4) is 0 Å². The first-order valence-corrected chi connectivity index (χ1v) is 7.28. The normalized spacial score (nSPS) is 16.9. The number of ether oxygens (including phenoxy) is 1. The molecule has 1 aromatic rings. The van der Waals surface area contributed by atoms with Crippen molar-refractivity contribution in [2.24, 2.45) is 11.7 Å². The molecule has 3 N–H and O–H groups in total. The monoisotopic (exact) mass is 293 g/mol. The Hall–Kier alpha value is -1.73. The highest BCUT2D eigenvalue weighted by Crippen LogP contribution is 2.13. The SMILES string of the molecule is CC(C)C[C@H](N)C(=O)Nc1ccnc(N2CCOCC2)n1. The largest absolute Gasteiger partial charge is 0.378 e. The molecule has 1 fully saturated rings. The average molecular weight is 293 g/mol. The molecule has 21 heavy (non-hydrogen) atoms. The number of aromatic nitrogens is 2. The molecule has 0 spiro atoms. The Labute approximate surface area is 124 Å². The molecule has 0 radical (unpaired) electrons. The van der Waals surface area contributed by atoms with Gasteiger partial charge in [-0.05, 0) is 18.4 Å². The van der Waals surface area contributed by atoms with Crippen LogP contribution in [0.5, 0.6) is 0 Å². The molecule has 116 valence electrons. The third kappa shape index (κ3) is 4.64. The minimum atomic E-state index is -0.521. The number of hydrogen-bond donors (Lipinski definition) is 2. The average Bonchev–Trinajstić information content (AvgIpc) is 2.47. The molecule has 1 aliphatic heterocycles. The summed E-state index contributed by atoms with van der Waals surface area (Å²) in [6, 6.07) is 1.15. The van der Waals surface area contributed by atoms with Crippen molar-refractivity contribution >= 4 is 17.7 Å². The van der Waals surface area contributed by atoms with E-state index in [0.717, 1.165) is 13.1 Å². The van der Waals surface area contributed by atoms with E-state index in [1.54, 1.807) is 12.3 Å². The van der Waals surface area contributed by atoms with Crippen molar-refractivity contribution in [1.82, 2.24) is 9.97 Å². The Morgan fingerprint density at radius 2 is 2.19 bits per heavy atom. The van der Waals surface area contributed by atoms with Crippen LogP contribution in [0.2, 0.25) is 0 Å². The summed E-state index contributed by atoms with van der Waals surface area (Å²) in [5.74, 6) is 1.25. The molecule has 7 heteroatoms. The van der Waals surface area contributed by atoms with Crippen molar-refractivity contribution in [2.45, 2.75) is 26.3 Å². The number of rotatable bonds is 5. The Morgan fingerprint density at radius 3 is 2.86 bits per heavy atom. The second kappa shape index (κ2) is 7.33. The second-order valence-corrected chi connectivity index (χ2v) is 5.57. The maximum Gasteiger partial charge on any atom is 0.242 e. The molecule has 2 rings (SSSR count). The Balaban J connectivity index is 1.98. The van der Waals surface area contributed by atoms with Gasteiger partial charge in [0, 0.05) is 19.3 Å². The van der Waals surface area contributed by atoms with Crippen LogP contribution in [-0.2, 0) is 9.53 Å². The summed E-state index contributed by atoms with van der Waals surface area (Å²) in [6.45, 7) is 6.91. The molecule has 0 unspecified atom stereocenters. The first-order chi connectivity index (χ1) is 10.1. The fourth-order valence-corrected chi connectivity index (χ4v) is 2.17. The predicted octanol–water partition coefficient (Wildman–Crippen LogP) is 0.625. The summed E-state index contributed by atoms with van der Waals surface area (Å²) in [5.41, 5.74) is 5.86. The molecule has 0 bridgehead atoms. The van der Waals surface area contributed by atoms with E-state index in [-0.39, 0.29) is 5.91 Å². The fraction of sp³-hybridized carbons (Fsp3) is 0.643. The first kappa shape index (κ1) is 15.7. The lowest BCUT2D eigenvalue weighted by Gasteiger charge is -2.26. The van der Waals surface area contributed by atoms with Crippen LogP contribution in [0.15, 0.2) is 12.3 Å². The van der Waals surface area contributed by atoms with Gasteiger partial charge in [0.1, 0.15) is 5.82 Å². The van der Waals surface area contributed by atoms with Crippen LogP contribution >= 0.6 is 0 Å². The van der Waals surface area contributed by atoms with E-state index in [9.17, 15) is 4.79 Å². The topological polar surface area (TPSA) is 93.4 Å². The molecule has 1 aliphatic rings. The van der Waals surface area contributed by atoms with Gasteiger partial charge in [-0.2, -0.15) is 4.98 Å². The van der Waals surface area contributed by atoms with E-state index in [1.807, 2.05) is 18.7 Å². The van der Waals surface area contributed by atoms with Crippen LogP contribution in [0.3, 0.4) is 0 Å². The highest BCUT2D eigenvalue weighted by atomic mass is 16.5. The lowest BCUT2D eigenvalue weighted by molar-refractivity contribution is -0.117. The third-order valence-electron chi connectivity index (χ3n) is 3.25. The Kier molecular flexibility index (Phi) is 5.46. The summed E-state index contributed by atoms with van der Waals surface area (Å²) >= 11 is 0. The zero-order valence-corrected chi connectivity index (χ0v) is 12.6. The quantitative estimate of drug-likeness (QED) is 0.827. The number of carbonyl (C=O) groups is 1. The minimum Gasteiger partial charge on any atom is -0.378 e. The van der Waals surface area contributed by atoms with E-state index in [4.69, 9.17) is 10.5 Å². The number of hydrogen-bond acceptors (Lipinski definition) is 6. The van der Waals surface area contributed by atoms with Crippen molar-refractivity contribution in [2.75, 3.05) is 36.5 Å². The number of amides is 1. The molecule has 0 aromatic carbocycles. The van der Waals surface area contributed by atoms with Crippen molar-refractivity contribution in [1.29, 1.82) is 0 Å². The number of anilines is 2. The lowest BCUT2D eigenvalue weighted by Crippen LogP contribution is -2.38. The molecule has 1 saturated heterocycles. The van der Waals surface area contributed by atoms with Crippen LogP contribution in [0.4, 0.5) is 11.8 Å². The summed E-state index contributed by atoms with van der Waals surface area (Å²) in [7, 11) is 0. The molecule has 2 heterocycles. The smallest absolute Gasteiger partial charge is 0.242 e. The van der Waals surface area contributed by atoms with Gasteiger partial charge in [0.25, 0.3) is 0 Å². The second-order valence-electron chi connectivity index (χ2n) is 5.57. The standard InChI is InChI=1S/C14H23N5O2/c1-10(2)9-11(15)13(20)17-12-3-4-16-14(18-12)19-5-7-21-8-6-19/h3-4,10-11H,5-9,15H2,1-2H3,(H,16,17,18,20)/t11-/m0/s1. The van der Waals surface area contributed by atoms with E-state index in [0.29, 0.717) is 37.3 Å². The summed E-state index contributed by atoms with van der Waals surface area (Å²) in [6.07, 6.45) is 2.29. The molecule has 0 saturated carbocycles. The molecular weight excluding hydrogens is 270 g/mol. The maximum absolute atomic E-state index is 12.0. The third-order valence-corrected chi connectivity index (χ3v) is 3.25. The summed E-state index contributed by atoms with van der Waals surface area (Å²) in [5, 5.41) is 2.75. The first-order valence-electron chi connectivity index (χ1n) is 7.28. The van der Waals surface area contributed by atoms with Crippen LogP contribution in [0.25, 0.3) is 0 Å². The van der Waals surface area contributed by atoms with E-state index < -0.39 is 6.04 Å². The summed E-state index contributed by atoms with van der Waals surface area (Å²) < 4.78 is 5.30. The lowest BCUT2D eigenvalue weighted by atomic mass is 10.0. The molecule has 1 amide bonds. The Morgan fingerprint density at radius 1 is 1.48 bits per heavy atom. The zero-order chi connectivity index (χ0) is 15.2. The summed E-state index contributed by atoms with van der Waals surface area (Å²) in [4.78, 5) is 22.7. The minimum absolute atomic E-state index is 0.213. The van der Waals surface area contributed by atoms with Gasteiger partial charge < -0.3 is 20.7 Å². The van der Waals surface area contributed by atoms with Crippen molar-refractivity contribution in [3.05, 3.63) is 12.3 Å². The van der Waals surface area contributed by atoms with Crippen molar-refractivity contribution < 1.29 is 9.53 Å². The van der Waals surface area contributed by atoms with Gasteiger partial charge in [-0.3, -0.25) is 4.79 Å². The zero-order valence-electron chi connectivity index (χ0n) is 12.6. The number of carbonyl (C=O) groups excluding carboxylic acids is 1. The van der Waals surface area contributed by atoms with Gasteiger partial charge in [0.15, 0.2) is 0 Å². The van der Waals surface area contributed by atoms with Gasteiger partial charge in [0.2, 0.25) is 11.9 Å². The van der Waals surface area contributed by atoms with Crippen LogP contribution in [-0.4, -0.2) is 48.2 Å². The number of nitrogens with one attached hydrogen (secondary N) is 1. The van der Waals surface area contributed by atoms with Gasteiger partial charge in [-0.15, -0.1) is 0 Å². The van der Waals surface area contributed by atoms with Gasteiger partial charge >= 0.3 is 0 Å². The fourth-order valence-electron chi connectivity index (χ4n) is 2.17. The van der Waals surface area contributed by atoms with Crippen LogP contribution in [0, 0.1) is 5.92 Å². The molecule has 1 atom stereocenters. The van der Waals surface area contributed by atoms with Crippen LogP contribution in [0.1, 0.15) is 20.3 Å². The molecule has 0 aliphatic carbocycles. The Bertz CT molecular complexity index is 474. The molecule has 1 aromatic heterocycles. The van der Waals surface area contributed by atoms with E-state index in [2.05, 4.69) is 15.3 Å². The molecular formula is C14H23N5O2. The van der Waals surface area contributed by atoms with Crippen molar-refractivity contribution in [3.63, 3.8) is 0 Å². The van der Waals surface area contributed by atoms with Gasteiger partial charge in [-0.1, -0.05) is 13.8 Å². The van der Waals surface area contributed by atoms with Crippen LogP contribution < -0.4 is 16.0 Å². The van der Waals surface area contributed by atoms with E-state index >= 15 is 0 Å². The number of morpholine rings is 1. The molecule has 7 nitrogen and oxygen atoms in total. The van der Waals surface area contributed by atoms with Gasteiger partial charge in [0.05, 0.1) is 19.3 Å². The van der Waals surface area contributed by atoms with Gasteiger partial charge in [-0.25, -0.2) is 4.98 Å². The number of nitrogens with two attached hydrogens (primary N) is 1. The van der Waals surface area contributed by atoms with E-state index in [1.165, 1.54) is 0 Å². The highest BCUT2D eigenvalue weighted by Gasteiger charge is 2.17.